The van der Waals surface area contributed by atoms with E-state index in [0.717, 1.165) is 11.3 Å². The summed E-state index contributed by atoms with van der Waals surface area (Å²) in [5.74, 6) is 0.951. The Balaban J connectivity index is 1.42. The number of hydrogen-bond donors (Lipinski definition) is 0. The predicted octanol–water partition coefficient (Wildman–Crippen LogP) is 5.49. The van der Waals surface area contributed by atoms with Gasteiger partial charge in [0, 0.05) is 22.7 Å². The highest BCUT2D eigenvalue weighted by Crippen LogP contribution is 2.40. The predicted molar refractivity (Wildman–Crippen MR) is 169 cm³/mol. The first-order valence-electron chi connectivity index (χ1n) is 14.0. The van der Waals surface area contributed by atoms with E-state index in [-0.39, 0.29) is 51.3 Å². The molecular formula is C33H22ClN3O8S. The SMILES string of the molecule is CCOC(=O)C1=C(c2ccccc2)N=c2s/c(=C\c3ccc(-c4ccc(Cl)cc4[N+](=O)[O-])o3)c(=O)n2[C@H]1c1ccc2c(c1)OCO2. The lowest BCUT2D eigenvalue weighted by Crippen LogP contribution is -2.40. The highest BCUT2D eigenvalue weighted by Gasteiger charge is 2.36. The number of nitro benzene ring substituents is 1. The molecule has 0 saturated carbocycles. The molecule has 0 saturated heterocycles. The molecule has 11 nitrogen and oxygen atoms in total. The van der Waals surface area contributed by atoms with E-state index in [2.05, 4.69) is 0 Å². The first-order valence-corrected chi connectivity index (χ1v) is 15.2. The van der Waals surface area contributed by atoms with Crippen LogP contribution in [0.1, 0.15) is 29.9 Å². The van der Waals surface area contributed by atoms with Crippen molar-refractivity contribution in [3.63, 3.8) is 0 Å². The molecule has 46 heavy (non-hydrogen) atoms. The highest BCUT2D eigenvalue weighted by atomic mass is 35.5. The Kier molecular flexibility index (Phi) is 7.51. The summed E-state index contributed by atoms with van der Waals surface area (Å²) >= 11 is 7.10. The van der Waals surface area contributed by atoms with E-state index in [1.165, 1.54) is 22.8 Å². The number of esters is 1. The molecule has 0 N–H and O–H groups in total. The number of fused-ring (bicyclic) bond motifs is 2. The van der Waals surface area contributed by atoms with Gasteiger partial charge in [-0.15, -0.1) is 0 Å². The Morgan fingerprint density at radius 3 is 2.70 bits per heavy atom. The average Bonchev–Trinajstić information content (AvgIpc) is 3.80. The Bertz CT molecular complexity index is 2250. The normalized spacial score (nSPS) is 15.4. The fourth-order valence-corrected chi connectivity index (χ4v) is 6.55. The van der Waals surface area contributed by atoms with Crippen LogP contribution in [-0.2, 0) is 9.53 Å². The van der Waals surface area contributed by atoms with Crippen molar-refractivity contribution in [1.82, 2.24) is 4.57 Å². The quantitative estimate of drug-likeness (QED) is 0.128. The molecule has 0 unspecified atom stereocenters. The molecule has 13 heteroatoms. The number of carbonyl (C=O) groups is 1. The lowest BCUT2D eigenvalue weighted by molar-refractivity contribution is -0.384. The van der Waals surface area contributed by atoms with Crippen LogP contribution >= 0.6 is 22.9 Å². The minimum Gasteiger partial charge on any atom is -0.463 e. The van der Waals surface area contributed by atoms with Crippen LogP contribution < -0.4 is 24.4 Å². The van der Waals surface area contributed by atoms with Crippen LogP contribution in [0.3, 0.4) is 0 Å². The molecule has 2 aromatic heterocycles. The topological polar surface area (TPSA) is 135 Å². The van der Waals surface area contributed by atoms with Gasteiger partial charge in [0.2, 0.25) is 6.79 Å². The van der Waals surface area contributed by atoms with Crippen LogP contribution in [0.4, 0.5) is 5.69 Å². The fourth-order valence-electron chi connectivity index (χ4n) is 5.41. The summed E-state index contributed by atoms with van der Waals surface area (Å²) in [6.07, 6.45) is 1.54. The molecule has 7 rings (SSSR count). The van der Waals surface area contributed by atoms with Gasteiger partial charge in [0.25, 0.3) is 11.2 Å². The number of rotatable bonds is 7. The standard InChI is InChI=1S/C33H22ClN3O8S/c1-2-42-32(39)28-29(18-6-4-3-5-7-18)35-33-36(30(28)19-8-12-25-26(14-19)44-17-43-25)31(38)27(46-33)16-21-10-13-24(45-21)22-11-9-20(34)15-23(22)37(40)41/h3-16,30H,2,17H2,1H3/b27-16-/t30-/m0/s1. The average molecular weight is 656 g/mol. The minimum atomic E-state index is -0.911. The number of hydrogen-bond acceptors (Lipinski definition) is 10. The number of furan rings is 1. The van der Waals surface area contributed by atoms with Crippen LogP contribution in [-0.4, -0.2) is 28.9 Å². The maximum Gasteiger partial charge on any atom is 0.338 e. The van der Waals surface area contributed by atoms with Crippen molar-refractivity contribution >= 4 is 46.4 Å². The largest absolute Gasteiger partial charge is 0.463 e. The van der Waals surface area contributed by atoms with Crippen LogP contribution in [0.15, 0.2) is 98.6 Å². The molecule has 2 aliphatic rings. The van der Waals surface area contributed by atoms with Gasteiger partial charge in [0.05, 0.1) is 38.9 Å². The zero-order valence-electron chi connectivity index (χ0n) is 24.0. The van der Waals surface area contributed by atoms with Gasteiger partial charge in [-0.3, -0.25) is 19.5 Å². The first-order chi connectivity index (χ1) is 22.3. The van der Waals surface area contributed by atoms with Crippen molar-refractivity contribution in [2.24, 2.45) is 4.99 Å². The third-order valence-electron chi connectivity index (χ3n) is 7.41. The van der Waals surface area contributed by atoms with Gasteiger partial charge in [-0.2, -0.15) is 0 Å². The summed E-state index contributed by atoms with van der Waals surface area (Å²) in [5, 5.41) is 11.9. The lowest BCUT2D eigenvalue weighted by atomic mass is 9.93. The lowest BCUT2D eigenvalue weighted by Gasteiger charge is -2.26. The number of carbonyl (C=O) groups excluding carboxylic acids is 1. The van der Waals surface area contributed by atoms with Gasteiger partial charge >= 0.3 is 5.97 Å². The molecule has 0 spiro atoms. The van der Waals surface area contributed by atoms with Crippen LogP contribution in [0.5, 0.6) is 11.5 Å². The van der Waals surface area contributed by atoms with Crippen molar-refractivity contribution in [1.29, 1.82) is 0 Å². The summed E-state index contributed by atoms with van der Waals surface area (Å²) in [6.45, 7) is 1.89. The second-order valence-corrected chi connectivity index (χ2v) is 11.6. The highest BCUT2D eigenvalue weighted by molar-refractivity contribution is 7.07. The van der Waals surface area contributed by atoms with Crippen LogP contribution in [0, 0.1) is 10.1 Å². The van der Waals surface area contributed by atoms with E-state index in [9.17, 15) is 19.7 Å². The molecule has 2 aliphatic heterocycles. The van der Waals surface area contributed by atoms with Crippen molar-refractivity contribution < 1.29 is 28.3 Å². The molecule has 3 aromatic carbocycles. The molecule has 0 fully saturated rings. The Hall–Kier alpha value is -5.46. The smallest absolute Gasteiger partial charge is 0.338 e. The summed E-state index contributed by atoms with van der Waals surface area (Å²) in [7, 11) is 0. The monoisotopic (exact) mass is 655 g/mol. The number of nitro groups is 1. The number of halogens is 1. The van der Waals surface area contributed by atoms with Crippen LogP contribution in [0.25, 0.3) is 23.1 Å². The van der Waals surface area contributed by atoms with Gasteiger partial charge in [0.1, 0.15) is 11.5 Å². The second-order valence-electron chi connectivity index (χ2n) is 10.2. The Labute approximate surface area is 269 Å². The molecule has 1 atom stereocenters. The van der Waals surface area contributed by atoms with Crippen molar-refractivity contribution in [2.45, 2.75) is 13.0 Å². The molecule has 4 heterocycles. The summed E-state index contributed by atoms with van der Waals surface area (Å²) in [5.41, 5.74) is 1.45. The van der Waals surface area contributed by atoms with Crippen molar-refractivity contribution in [3.8, 4) is 22.8 Å². The number of nitrogens with zero attached hydrogens (tertiary/aromatic N) is 3. The van der Waals surface area contributed by atoms with E-state index in [0.29, 0.717) is 33.1 Å². The zero-order valence-corrected chi connectivity index (χ0v) is 25.5. The zero-order chi connectivity index (χ0) is 31.9. The van der Waals surface area contributed by atoms with Gasteiger partial charge in [-0.05, 0) is 48.9 Å². The molecule has 0 bridgehead atoms. The van der Waals surface area contributed by atoms with E-state index in [4.69, 9.17) is 35.2 Å². The van der Waals surface area contributed by atoms with Gasteiger partial charge < -0.3 is 18.6 Å². The molecule has 5 aromatic rings. The molecule has 0 aliphatic carbocycles. The fraction of sp³-hybridized carbons (Fsp3) is 0.121. The third kappa shape index (κ3) is 5.17. The van der Waals surface area contributed by atoms with Crippen LogP contribution in [0.2, 0.25) is 5.02 Å². The Morgan fingerprint density at radius 1 is 1.11 bits per heavy atom. The summed E-state index contributed by atoms with van der Waals surface area (Å²) in [4.78, 5) is 44.1. The van der Waals surface area contributed by atoms with E-state index in [1.54, 1.807) is 43.3 Å². The van der Waals surface area contributed by atoms with Gasteiger partial charge in [-0.1, -0.05) is 59.3 Å². The van der Waals surface area contributed by atoms with E-state index in [1.807, 2.05) is 30.3 Å². The minimum absolute atomic E-state index is 0.0572. The van der Waals surface area contributed by atoms with Crippen molar-refractivity contribution in [2.75, 3.05) is 13.4 Å². The number of aromatic nitrogens is 1. The van der Waals surface area contributed by atoms with E-state index >= 15 is 0 Å². The maximum atomic E-state index is 14.2. The second kappa shape index (κ2) is 11.8. The molecule has 230 valence electrons. The number of thiazole rings is 1. The van der Waals surface area contributed by atoms with E-state index < -0.39 is 22.5 Å². The maximum absolute atomic E-state index is 14.2. The van der Waals surface area contributed by atoms with Crippen molar-refractivity contribution in [3.05, 3.63) is 136 Å². The number of ether oxygens (including phenoxy) is 3. The van der Waals surface area contributed by atoms with Gasteiger partial charge in [-0.25, -0.2) is 9.79 Å². The summed E-state index contributed by atoms with van der Waals surface area (Å²) < 4.78 is 24.3. The molecule has 0 amide bonds. The molecule has 0 radical (unpaired) electrons. The van der Waals surface area contributed by atoms with Gasteiger partial charge in [0.15, 0.2) is 16.3 Å². The first kappa shape index (κ1) is 29.3. The third-order valence-corrected chi connectivity index (χ3v) is 8.63. The molecular weight excluding hydrogens is 634 g/mol. The Morgan fingerprint density at radius 2 is 1.91 bits per heavy atom. The number of benzene rings is 3. The summed E-state index contributed by atoms with van der Waals surface area (Å²) in [6, 6.07) is 21.0.